The molecule has 4 nitrogen and oxygen atoms in total. The third-order valence-corrected chi connectivity index (χ3v) is 5.18. The molecule has 0 radical (unpaired) electrons. The van der Waals surface area contributed by atoms with Crippen molar-refractivity contribution in [2.24, 2.45) is 0 Å². The van der Waals surface area contributed by atoms with E-state index < -0.39 is 10.0 Å². The lowest BCUT2D eigenvalue weighted by molar-refractivity contribution is 0.280. The van der Waals surface area contributed by atoms with Gasteiger partial charge in [-0.3, -0.25) is 4.72 Å². The molecule has 0 spiro atoms. The van der Waals surface area contributed by atoms with Crippen LogP contribution in [0.15, 0.2) is 51.8 Å². The molecule has 2 aromatic rings. The fraction of sp³-hybridized carbons (Fsp3) is 0.143. The Hall–Kier alpha value is -1.37. The van der Waals surface area contributed by atoms with E-state index in [9.17, 15) is 13.5 Å². The zero-order valence-electron chi connectivity index (χ0n) is 10.8. The summed E-state index contributed by atoms with van der Waals surface area (Å²) in [6, 6.07) is 11.8. The third kappa shape index (κ3) is 3.03. The predicted octanol–water partition coefficient (Wildman–Crippen LogP) is 3.05. The summed E-state index contributed by atoms with van der Waals surface area (Å²) in [7, 11) is -3.69. The molecule has 0 heterocycles. The van der Waals surface area contributed by atoms with Gasteiger partial charge >= 0.3 is 0 Å². The van der Waals surface area contributed by atoms with E-state index in [4.69, 9.17) is 0 Å². The fourth-order valence-electron chi connectivity index (χ4n) is 1.87. The summed E-state index contributed by atoms with van der Waals surface area (Å²) in [5.41, 5.74) is 1.62. The van der Waals surface area contributed by atoms with Gasteiger partial charge in [-0.15, -0.1) is 0 Å². The fourth-order valence-corrected chi connectivity index (χ4v) is 3.75. The molecule has 0 amide bonds. The molecule has 106 valence electrons. The summed E-state index contributed by atoms with van der Waals surface area (Å²) < 4.78 is 28.1. The maximum Gasteiger partial charge on any atom is 0.262 e. The molecule has 0 unspecified atom stereocenters. The summed E-state index contributed by atoms with van der Waals surface area (Å²) in [6.45, 7) is 1.49. The number of halogens is 1. The van der Waals surface area contributed by atoms with Crippen LogP contribution in [0.25, 0.3) is 0 Å². The van der Waals surface area contributed by atoms with E-state index in [-0.39, 0.29) is 11.5 Å². The number of aliphatic hydroxyl groups is 1. The maximum absolute atomic E-state index is 12.4. The first kappa shape index (κ1) is 15.0. The number of hydrogen-bond donors (Lipinski definition) is 2. The monoisotopic (exact) mass is 355 g/mol. The highest BCUT2D eigenvalue weighted by atomic mass is 79.9. The molecule has 2 aromatic carbocycles. The van der Waals surface area contributed by atoms with Crippen molar-refractivity contribution >= 4 is 31.6 Å². The van der Waals surface area contributed by atoms with Crippen molar-refractivity contribution in [3.63, 3.8) is 0 Å². The van der Waals surface area contributed by atoms with Crippen molar-refractivity contribution in [1.82, 2.24) is 0 Å². The number of benzene rings is 2. The van der Waals surface area contributed by atoms with E-state index in [1.165, 1.54) is 6.07 Å². The number of rotatable bonds is 4. The van der Waals surface area contributed by atoms with Gasteiger partial charge in [0, 0.05) is 4.47 Å². The molecule has 0 fully saturated rings. The van der Waals surface area contributed by atoms with Gasteiger partial charge in [0.15, 0.2) is 0 Å². The first-order valence-electron chi connectivity index (χ1n) is 5.92. The standard InChI is InChI=1S/C14H14BrNO3S/c1-10-11(9-17)5-4-8-14(10)20(18,19)16-13-7-3-2-6-12(13)15/h2-8,16-17H,9H2,1H3. The number of aliphatic hydroxyl groups excluding tert-OH is 1. The maximum atomic E-state index is 12.4. The molecule has 0 atom stereocenters. The zero-order valence-corrected chi connectivity index (χ0v) is 13.2. The second kappa shape index (κ2) is 5.95. The summed E-state index contributed by atoms with van der Waals surface area (Å²) in [5, 5.41) is 9.22. The van der Waals surface area contributed by atoms with E-state index in [1.54, 1.807) is 43.3 Å². The second-order valence-electron chi connectivity index (χ2n) is 4.28. The van der Waals surface area contributed by atoms with Gasteiger partial charge in [0.1, 0.15) is 0 Å². The lowest BCUT2D eigenvalue weighted by Crippen LogP contribution is -2.15. The largest absolute Gasteiger partial charge is 0.392 e. The Bertz CT molecular complexity index is 729. The molecule has 0 saturated heterocycles. The van der Waals surface area contributed by atoms with Gasteiger partial charge in [-0.2, -0.15) is 0 Å². The number of hydrogen-bond acceptors (Lipinski definition) is 3. The normalized spacial score (nSPS) is 11.3. The van der Waals surface area contributed by atoms with Gasteiger partial charge in [-0.1, -0.05) is 24.3 Å². The van der Waals surface area contributed by atoms with Crippen molar-refractivity contribution < 1.29 is 13.5 Å². The topological polar surface area (TPSA) is 66.4 Å². The molecule has 0 aromatic heterocycles. The molecule has 0 aliphatic carbocycles. The van der Waals surface area contributed by atoms with Crippen LogP contribution in [-0.4, -0.2) is 13.5 Å². The van der Waals surface area contributed by atoms with Gasteiger partial charge in [0.25, 0.3) is 10.0 Å². The Kier molecular flexibility index (Phi) is 4.47. The minimum absolute atomic E-state index is 0.166. The molecule has 6 heteroatoms. The lowest BCUT2D eigenvalue weighted by Gasteiger charge is -2.13. The molecule has 0 aliphatic heterocycles. The Balaban J connectivity index is 2.44. The van der Waals surface area contributed by atoms with Crippen LogP contribution in [0.2, 0.25) is 0 Å². The Morgan fingerprint density at radius 3 is 2.50 bits per heavy atom. The minimum atomic E-state index is -3.69. The van der Waals surface area contributed by atoms with Crippen LogP contribution in [0.4, 0.5) is 5.69 Å². The third-order valence-electron chi connectivity index (χ3n) is 2.97. The first-order chi connectivity index (χ1) is 9.45. The second-order valence-corrected chi connectivity index (χ2v) is 6.79. The van der Waals surface area contributed by atoms with Crippen molar-refractivity contribution in [3.8, 4) is 0 Å². The lowest BCUT2D eigenvalue weighted by atomic mass is 10.1. The van der Waals surface area contributed by atoms with Crippen LogP contribution in [0, 0.1) is 6.92 Å². The van der Waals surface area contributed by atoms with Crippen LogP contribution in [0.1, 0.15) is 11.1 Å². The Morgan fingerprint density at radius 1 is 1.15 bits per heavy atom. The van der Waals surface area contributed by atoms with Crippen LogP contribution < -0.4 is 4.72 Å². The van der Waals surface area contributed by atoms with E-state index in [0.717, 1.165) is 0 Å². The van der Waals surface area contributed by atoms with Gasteiger partial charge in [0.2, 0.25) is 0 Å². The van der Waals surface area contributed by atoms with Crippen molar-refractivity contribution in [2.75, 3.05) is 4.72 Å². The predicted molar refractivity (Wildman–Crippen MR) is 82.1 cm³/mol. The summed E-state index contributed by atoms with van der Waals surface area (Å²) in [5.74, 6) is 0. The zero-order chi connectivity index (χ0) is 14.8. The molecular formula is C14H14BrNO3S. The quantitative estimate of drug-likeness (QED) is 0.885. The Morgan fingerprint density at radius 2 is 1.85 bits per heavy atom. The number of anilines is 1. The molecule has 2 rings (SSSR count). The molecule has 0 bridgehead atoms. The molecule has 2 N–H and O–H groups in total. The smallest absolute Gasteiger partial charge is 0.262 e. The van der Waals surface area contributed by atoms with Gasteiger partial charge < -0.3 is 5.11 Å². The van der Waals surface area contributed by atoms with E-state index in [1.807, 2.05) is 0 Å². The first-order valence-corrected chi connectivity index (χ1v) is 8.20. The number of para-hydroxylation sites is 1. The highest BCUT2D eigenvalue weighted by molar-refractivity contribution is 9.10. The minimum Gasteiger partial charge on any atom is -0.392 e. The number of sulfonamides is 1. The van der Waals surface area contributed by atoms with E-state index >= 15 is 0 Å². The van der Waals surface area contributed by atoms with Crippen LogP contribution in [0.5, 0.6) is 0 Å². The summed E-state index contributed by atoms with van der Waals surface area (Å²) in [4.78, 5) is 0.166. The Labute approximate surface area is 126 Å². The molecular weight excluding hydrogens is 342 g/mol. The van der Waals surface area contributed by atoms with Crippen LogP contribution in [0.3, 0.4) is 0 Å². The molecule has 0 saturated carbocycles. The highest BCUT2D eigenvalue weighted by Crippen LogP contribution is 2.26. The van der Waals surface area contributed by atoms with Crippen molar-refractivity contribution in [2.45, 2.75) is 18.4 Å². The SMILES string of the molecule is Cc1c(CO)cccc1S(=O)(=O)Nc1ccccc1Br. The average Bonchev–Trinajstić information content (AvgIpc) is 2.41. The number of nitrogens with one attached hydrogen (secondary N) is 1. The molecule has 0 aliphatic rings. The van der Waals surface area contributed by atoms with Gasteiger partial charge in [-0.05, 0) is 52.2 Å². The van der Waals surface area contributed by atoms with Crippen molar-refractivity contribution in [1.29, 1.82) is 0 Å². The van der Waals surface area contributed by atoms with Crippen LogP contribution >= 0.6 is 15.9 Å². The van der Waals surface area contributed by atoms with Gasteiger partial charge in [-0.25, -0.2) is 8.42 Å². The van der Waals surface area contributed by atoms with Gasteiger partial charge in [0.05, 0.1) is 17.2 Å². The van der Waals surface area contributed by atoms with E-state index in [0.29, 0.717) is 21.3 Å². The highest BCUT2D eigenvalue weighted by Gasteiger charge is 2.19. The molecule has 20 heavy (non-hydrogen) atoms. The van der Waals surface area contributed by atoms with E-state index in [2.05, 4.69) is 20.7 Å². The van der Waals surface area contributed by atoms with Crippen LogP contribution in [-0.2, 0) is 16.6 Å². The summed E-state index contributed by atoms with van der Waals surface area (Å²) >= 11 is 3.30. The van der Waals surface area contributed by atoms with Crippen molar-refractivity contribution in [3.05, 3.63) is 58.1 Å². The summed E-state index contributed by atoms with van der Waals surface area (Å²) in [6.07, 6.45) is 0. The average molecular weight is 356 g/mol.